The molecule has 0 atom stereocenters. The Kier molecular flexibility index (Phi) is 8.79. The fourth-order valence-corrected chi connectivity index (χ4v) is 6.31. The number of nitrogens with one attached hydrogen (secondary N) is 1. The Morgan fingerprint density at radius 2 is 1.90 bits per heavy atom. The van der Waals surface area contributed by atoms with Crippen LogP contribution in [0.2, 0.25) is 0 Å². The van der Waals surface area contributed by atoms with E-state index in [-0.39, 0.29) is 48.4 Å². The van der Waals surface area contributed by atoms with Crippen LogP contribution in [0.3, 0.4) is 0 Å². The van der Waals surface area contributed by atoms with Crippen molar-refractivity contribution in [2.75, 3.05) is 22.9 Å². The molecule has 0 bridgehead atoms. The van der Waals surface area contributed by atoms with Crippen molar-refractivity contribution in [2.24, 2.45) is 5.92 Å². The van der Waals surface area contributed by atoms with Gasteiger partial charge in [-0.25, -0.2) is 9.78 Å². The summed E-state index contributed by atoms with van der Waals surface area (Å²) >= 11 is 2.54. The lowest BCUT2D eigenvalue weighted by Crippen LogP contribution is -2.43. The highest BCUT2D eigenvalue weighted by molar-refractivity contribution is 7.99. The zero-order chi connectivity index (χ0) is 29.1. The average molecular weight is 581 g/mol. The number of benzene rings is 1. The van der Waals surface area contributed by atoms with Crippen LogP contribution in [0.15, 0.2) is 62.5 Å². The number of nitrogen functional groups attached to an aromatic ring is 1. The third-order valence-corrected chi connectivity index (χ3v) is 8.47. The maximum atomic E-state index is 13.7. The highest BCUT2D eigenvalue weighted by Crippen LogP contribution is 2.29. The highest BCUT2D eigenvalue weighted by atomic mass is 32.2. The van der Waals surface area contributed by atoms with Crippen molar-refractivity contribution in [3.05, 3.63) is 90.2 Å². The molecule has 3 aromatic heterocycles. The minimum atomic E-state index is -0.738. The molecule has 0 aliphatic carbocycles. The Morgan fingerprint density at radius 1 is 1.20 bits per heavy atom. The van der Waals surface area contributed by atoms with Crippen LogP contribution < -0.4 is 27.4 Å². The maximum absolute atomic E-state index is 13.7. The number of fused-ring (bicyclic) bond motifs is 1. The van der Waals surface area contributed by atoms with Crippen LogP contribution in [-0.2, 0) is 17.9 Å². The highest BCUT2D eigenvalue weighted by Gasteiger charge is 2.26. The second kappa shape index (κ2) is 12.1. The van der Waals surface area contributed by atoms with Crippen molar-refractivity contribution in [3.8, 4) is 0 Å². The van der Waals surface area contributed by atoms with E-state index in [0.29, 0.717) is 15.4 Å². The first kappa shape index (κ1) is 29.1. The van der Waals surface area contributed by atoms with E-state index in [2.05, 4.69) is 11.6 Å². The van der Waals surface area contributed by atoms with Crippen LogP contribution >= 0.6 is 23.1 Å². The SMILES string of the molecule is C=CCn1c(SCC(=O)N(CC(C)C)c2c(N)n(Cc3ccccc3)c(=O)[nH]c2=O)nc2sc(C)c(C)c2c1=O. The Bertz CT molecular complexity index is 1750. The first-order valence-corrected chi connectivity index (χ1v) is 14.5. The van der Waals surface area contributed by atoms with Gasteiger partial charge in [0.05, 0.1) is 17.7 Å². The molecule has 0 saturated heterocycles. The van der Waals surface area contributed by atoms with E-state index in [1.54, 1.807) is 6.08 Å². The van der Waals surface area contributed by atoms with Gasteiger partial charge in [-0.05, 0) is 30.9 Å². The second-order valence-corrected chi connectivity index (χ2v) is 12.0. The normalized spacial score (nSPS) is 11.3. The predicted molar refractivity (Wildman–Crippen MR) is 163 cm³/mol. The molecule has 210 valence electrons. The van der Waals surface area contributed by atoms with Crippen molar-refractivity contribution >= 4 is 50.7 Å². The summed E-state index contributed by atoms with van der Waals surface area (Å²) < 4.78 is 2.75. The van der Waals surface area contributed by atoms with E-state index in [0.717, 1.165) is 27.8 Å². The van der Waals surface area contributed by atoms with Crippen molar-refractivity contribution < 1.29 is 4.79 Å². The van der Waals surface area contributed by atoms with E-state index in [1.807, 2.05) is 58.0 Å². The average Bonchev–Trinajstić information content (AvgIpc) is 3.19. The largest absolute Gasteiger partial charge is 0.383 e. The number of carbonyl (C=O) groups excluding carboxylic acids is 1. The summed E-state index contributed by atoms with van der Waals surface area (Å²) in [6, 6.07) is 9.22. The molecule has 3 heterocycles. The van der Waals surface area contributed by atoms with Gasteiger partial charge >= 0.3 is 5.69 Å². The zero-order valence-electron chi connectivity index (χ0n) is 22.9. The van der Waals surface area contributed by atoms with Crippen LogP contribution in [0.1, 0.15) is 29.9 Å². The van der Waals surface area contributed by atoms with E-state index >= 15 is 0 Å². The van der Waals surface area contributed by atoms with E-state index in [9.17, 15) is 19.2 Å². The van der Waals surface area contributed by atoms with Crippen LogP contribution in [0.4, 0.5) is 11.5 Å². The lowest BCUT2D eigenvalue weighted by Gasteiger charge is -2.26. The number of hydrogen-bond acceptors (Lipinski definition) is 8. The van der Waals surface area contributed by atoms with Crippen molar-refractivity contribution in [1.82, 2.24) is 19.1 Å². The number of H-pyrrole nitrogens is 1. The molecular weight excluding hydrogens is 548 g/mol. The van der Waals surface area contributed by atoms with Gasteiger partial charge in [0.25, 0.3) is 11.1 Å². The molecule has 1 aromatic carbocycles. The molecule has 40 heavy (non-hydrogen) atoms. The van der Waals surface area contributed by atoms with Gasteiger partial charge in [0, 0.05) is 18.0 Å². The Hall–Kier alpha value is -3.90. The van der Waals surface area contributed by atoms with Gasteiger partial charge in [-0.3, -0.25) is 28.5 Å². The lowest BCUT2D eigenvalue weighted by molar-refractivity contribution is -0.116. The number of thioether (sulfide) groups is 1. The van der Waals surface area contributed by atoms with Crippen LogP contribution in [0.5, 0.6) is 0 Å². The summed E-state index contributed by atoms with van der Waals surface area (Å²) in [7, 11) is 0. The fourth-order valence-electron chi connectivity index (χ4n) is 4.36. The predicted octanol–water partition coefficient (Wildman–Crippen LogP) is 3.52. The van der Waals surface area contributed by atoms with Gasteiger partial charge in [-0.15, -0.1) is 17.9 Å². The topological polar surface area (TPSA) is 136 Å². The van der Waals surface area contributed by atoms with Crippen LogP contribution in [0, 0.1) is 19.8 Å². The van der Waals surface area contributed by atoms with Gasteiger partial charge in [-0.2, -0.15) is 0 Å². The van der Waals surface area contributed by atoms with Crippen LogP contribution in [0.25, 0.3) is 10.2 Å². The molecule has 4 aromatic rings. The molecule has 4 rings (SSSR count). The molecule has 1 amide bonds. The zero-order valence-corrected chi connectivity index (χ0v) is 24.5. The number of hydrogen-bond donors (Lipinski definition) is 2. The number of nitrogens with zero attached hydrogens (tertiary/aromatic N) is 4. The summed E-state index contributed by atoms with van der Waals surface area (Å²) in [5.74, 6) is -0.613. The number of allylic oxidation sites excluding steroid dienone is 1. The van der Waals surface area contributed by atoms with Gasteiger partial charge < -0.3 is 10.6 Å². The Labute approximate surface area is 239 Å². The van der Waals surface area contributed by atoms with E-state index in [4.69, 9.17) is 10.7 Å². The minimum absolute atomic E-state index is 0.00672. The van der Waals surface area contributed by atoms with Crippen molar-refractivity contribution in [3.63, 3.8) is 0 Å². The van der Waals surface area contributed by atoms with Gasteiger partial charge in [0.1, 0.15) is 10.6 Å². The number of aromatic amines is 1. The summed E-state index contributed by atoms with van der Waals surface area (Å²) in [6.45, 7) is 12.0. The first-order chi connectivity index (χ1) is 19.0. The summed E-state index contributed by atoms with van der Waals surface area (Å²) in [5.41, 5.74) is 6.44. The summed E-state index contributed by atoms with van der Waals surface area (Å²) in [6.07, 6.45) is 1.61. The third kappa shape index (κ3) is 5.82. The van der Waals surface area contributed by atoms with Gasteiger partial charge in [-0.1, -0.05) is 62.0 Å². The number of carbonyl (C=O) groups is 1. The van der Waals surface area contributed by atoms with E-state index < -0.39 is 17.2 Å². The fraction of sp³-hybridized carbons (Fsp3) is 0.321. The molecule has 0 aliphatic heterocycles. The molecule has 0 aliphatic rings. The minimum Gasteiger partial charge on any atom is -0.383 e. The molecule has 12 heteroatoms. The maximum Gasteiger partial charge on any atom is 0.330 e. The molecule has 0 fully saturated rings. The summed E-state index contributed by atoms with van der Waals surface area (Å²) in [4.78, 5) is 62.6. The molecule has 0 unspecified atom stereocenters. The number of aromatic nitrogens is 4. The standard InChI is InChI=1S/C28H32N6O4S2/c1-6-12-32-26(37)21-17(4)18(5)40-25(21)31-28(32)39-15-20(35)33(13-16(2)3)22-23(29)34(27(38)30-24(22)36)14-19-10-8-7-9-11-19/h6-11,16H,1,12-15,29H2,2-5H3,(H,30,36,38). The third-order valence-electron chi connectivity index (χ3n) is 6.41. The molecule has 0 spiro atoms. The number of aryl methyl sites for hydroxylation is 2. The molecule has 0 radical (unpaired) electrons. The molecule has 10 nitrogen and oxygen atoms in total. The van der Waals surface area contributed by atoms with Crippen molar-refractivity contribution in [2.45, 2.75) is 45.9 Å². The molecule has 0 saturated carbocycles. The lowest BCUT2D eigenvalue weighted by atomic mass is 10.2. The van der Waals surface area contributed by atoms with Gasteiger partial charge in [0.2, 0.25) is 5.91 Å². The van der Waals surface area contributed by atoms with Crippen molar-refractivity contribution in [1.29, 1.82) is 0 Å². The number of rotatable bonds is 10. The Morgan fingerprint density at radius 3 is 2.55 bits per heavy atom. The number of nitrogens with two attached hydrogens (primary N) is 1. The number of anilines is 2. The Balaban J connectivity index is 1.71. The quantitative estimate of drug-likeness (QED) is 0.166. The smallest absolute Gasteiger partial charge is 0.330 e. The summed E-state index contributed by atoms with van der Waals surface area (Å²) in [5, 5.41) is 0.953. The van der Waals surface area contributed by atoms with Crippen LogP contribution in [-0.4, -0.2) is 37.3 Å². The number of amides is 1. The second-order valence-electron chi connectivity index (χ2n) is 9.81. The monoisotopic (exact) mass is 580 g/mol. The van der Waals surface area contributed by atoms with Gasteiger partial charge in [0.15, 0.2) is 10.8 Å². The molecular formula is C28H32N6O4S2. The first-order valence-electron chi connectivity index (χ1n) is 12.7. The number of thiophene rings is 1. The van der Waals surface area contributed by atoms with E-state index in [1.165, 1.54) is 25.4 Å². The molecule has 3 N–H and O–H groups in total.